The highest BCUT2D eigenvalue weighted by atomic mass is 16.4. The van der Waals surface area contributed by atoms with E-state index in [1.165, 1.54) is 6.08 Å². The Morgan fingerprint density at radius 2 is 1.89 bits per heavy atom. The van der Waals surface area contributed by atoms with Crippen molar-refractivity contribution in [3.05, 3.63) is 0 Å². The zero-order chi connectivity index (χ0) is 13.0. The van der Waals surface area contributed by atoms with E-state index in [9.17, 15) is 19.8 Å². The third-order valence-electron chi connectivity index (χ3n) is 5.07. The lowest BCUT2D eigenvalue weighted by Crippen LogP contribution is -2.60. The van der Waals surface area contributed by atoms with Gasteiger partial charge in [0.05, 0.1) is 5.60 Å². The summed E-state index contributed by atoms with van der Waals surface area (Å²) in [5.74, 6) is -0.288. The molecule has 0 heterocycles. The van der Waals surface area contributed by atoms with Gasteiger partial charge >= 0.3 is 5.97 Å². The molecule has 3 unspecified atom stereocenters. The third-order valence-corrected chi connectivity index (χ3v) is 5.07. The number of aliphatic carboxylic acids is 1. The number of carboxylic acid groups (broad SMARTS) is 1. The van der Waals surface area contributed by atoms with Crippen molar-refractivity contribution >= 4 is 12.0 Å². The number of carboxylic acids is 1. The van der Waals surface area contributed by atoms with E-state index in [4.69, 9.17) is 0 Å². The first-order valence-corrected chi connectivity index (χ1v) is 6.49. The Hall–Kier alpha value is -1.19. The summed E-state index contributed by atoms with van der Waals surface area (Å²) in [6.45, 7) is 0. The minimum Gasteiger partial charge on any atom is -0.480 e. The summed E-state index contributed by atoms with van der Waals surface area (Å²) in [7, 11) is 0. The molecule has 0 spiro atoms. The van der Waals surface area contributed by atoms with Crippen LogP contribution in [0.4, 0.5) is 0 Å². The number of aliphatic hydroxyl groups is 1. The molecule has 98 valence electrons. The number of hydrogen-bond acceptors (Lipinski definition) is 4. The molecule has 4 fully saturated rings. The molecule has 0 saturated heterocycles. The number of isocyanates is 1. The van der Waals surface area contributed by atoms with Gasteiger partial charge in [0.1, 0.15) is 0 Å². The summed E-state index contributed by atoms with van der Waals surface area (Å²) in [6, 6.07) is -1.03. The Balaban J connectivity index is 1.99. The monoisotopic (exact) mass is 251 g/mol. The van der Waals surface area contributed by atoms with Crippen molar-refractivity contribution in [2.75, 3.05) is 0 Å². The lowest BCUT2D eigenvalue weighted by Gasteiger charge is -2.60. The number of nitrogens with zero attached hydrogens (tertiary/aromatic N) is 1. The highest BCUT2D eigenvalue weighted by Gasteiger charge is 2.61. The van der Waals surface area contributed by atoms with Crippen molar-refractivity contribution in [3.63, 3.8) is 0 Å². The van der Waals surface area contributed by atoms with Crippen molar-refractivity contribution in [3.8, 4) is 0 Å². The first-order chi connectivity index (χ1) is 8.46. The molecular weight excluding hydrogens is 234 g/mol. The van der Waals surface area contributed by atoms with Crippen molar-refractivity contribution in [2.24, 2.45) is 22.2 Å². The van der Waals surface area contributed by atoms with E-state index in [0.717, 1.165) is 32.1 Å². The lowest BCUT2D eigenvalue weighted by molar-refractivity contribution is -0.179. The maximum atomic E-state index is 11.4. The Bertz CT molecular complexity index is 424. The molecule has 4 saturated carbocycles. The van der Waals surface area contributed by atoms with Crippen molar-refractivity contribution < 1.29 is 19.8 Å². The van der Waals surface area contributed by atoms with Gasteiger partial charge in [0.25, 0.3) is 0 Å². The van der Waals surface area contributed by atoms with Gasteiger partial charge in [-0.3, -0.25) is 0 Å². The zero-order valence-corrected chi connectivity index (χ0v) is 10.1. The number of rotatable bonds is 3. The third kappa shape index (κ3) is 1.62. The van der Waals surface area contributed by atoms with Gasteiger partial charge < -0.3 is 10.2 Å². The average molecular weight is 251 g/mol. The van der Waals surface area contributed by atoms with Gasteiger partial charge in [-0.1, -0.05) is 0 Å². The molecule has 0 aliphatic heterocycles. The average Bonchev–Trinajstić information content (AvgIpc) is 2.21. The van der Waals surface area contributed by atoms with Crippen LogP contribution in [0.15, 0.2) is 4.99 Å². The fraction of sp³-hybridized carbons (Fsp3) is 0.846. The van der Waals surface area contributed by atoms with Crippen molar-refractivity contribution in [1.82, 2.24) is 0 Å². The van der Waals surface area contributed by atoms with Gasteiger partial charge in [0, 0.05) is 5.41 Å². The highest BCUT2D eigenvalue weighted by molar-refractivity contribution is 5.76. The predicted molar refractivity (Wildman–Crippen MR) is 61.6 cm³/mol. The van der Waals surface area contributed by atoms with Crippen LogP contribution in [-0.4, -0.2) is 33.9 Å². The van der Waals surface area contributed by atoms with Crippen LogP contribution in [0.25, 0.3) is 0 Å². The molecule has 4 bridgehead atoms. The molecule has 5 heteroatoms. The van der Waals surface area contributed by atoms with Gasteiger partial charge in [-0.15, -0.1) is 0 Å². The summed E-state index contributed by atoms with van der Waals surface area (Å²) >= 11 is 0. The molecule has 4 aliphatic rings. The Labute approximate surface area is 105 Å². The van der Waals surface area contributed by atoms with Crippen molar-refractivity contribution in [2.45, 2.75) is 50.2 Å². The van der Waals surface area contributed by atoms with Gasteiger partial charge in [0.2, 0.25) is 6.08 Å². The fourth-order valence-electron chi connectivity index (χ4n) is 5.11. The summed E-state index contributed by atoms with van der Waals surface area (Å²) in [5.41, 5.74) is -1.25. The molecular formula is C13H17NO4. The van der Waals surface area contributed by atoms with E-state index < -0.39 is 23.0 Å². The van der Waals surface area contributed by atoms with Gasteiger partial charge in [-0.05, 0) is 50.4 Å². The summed E-state index contributed by atoms with van der Waals surface area (Å²) < 4.78 is 0. The van der Waals surface area contributed by atoms with E-state index in [2.05, 4.69) is 4.99 Å². The van der Waals surface area contributed by atoms with Crippen LogP contribution < -0.4 is 0 Å². The number of carbonyl (C=O) groups is 1. The van der Waals surface area contributed by atoms with E-state index in [0.29, 0.717) is 18.3 Å². The van der Waals surface area contributed by atoms with Gasteiger partial charge in [-0.25, -0.2) is 9.59 Å². The minimum absolute atomic E-state index is 0.389. The summed E-state index contributed by atoms with van der Waals surface area (Å²) in [4.78, 5) is 25.4. The standard InChI is InChI=1S/C13H17NO4/c15-7-14-10(11(16)17)12-2-8-1-9(3-12)5-13(18,4-8)6-12/h8-10,18H,1-6H2,(H,16,17). The lowest BCUT2D eigenvalue weighted by atomic mass is 9.46. The number of hydrogen-bond donors (Lipinski definition) is 2. The van der Waals surface area contributed by atoms with E-state index in [1.807, 2.05) is 0 Å². The van der Waals surface area contributed by atoms with Crippen LogP contribution >= 0.6 is 0 Å². The Kier molecular flexibility index (Phi) is 2.41. The first kappa shape index (κ1) is 11.9. The zero-order valence-electron chi connectivity index (χ0n) is 10.1. The van der Waals surface area contributed by atoms with Crippen LogP contribution in [0.5, 0.6) is 0 Å². The second-order valence-electron chi connectivity index (χ2n) is 6.51. The van der Waals surface area contributed by atoms with Gasteiger partial charge in [-0.2, -0.15) is 4.99 Å². The van der Waals surface area contributed by atoms with E-state index >= 15 is 0 Å². The Morgan fingerprint density at radius 1 is 1.28 bits per heavy atom. The largest absolute Gasteiger partial charge is 0.480 e. The van der Waals surface area contributed by atoms with Crippen LogP contribution in [-0.2, 0) is 9.59 Å². The Morgan fingerprint density at radius 3 is 2.33 bits per heavy atom. The normalized spacial score (nSPS) is 46.5. The molecule has 0 aromatic heterocycles. The van der Waals surface area contributed by atoms with Crippen molar-refractivity contribution in [1.29, 1.82) is 0 Å². The molecule has 5 nitrogen and oxygen atoms in total. The fourth-order valence-corrected chi connectivity index (χ4v) is 5.11. The van der Waals surface area contributed by atoms with Crippen LogP contribution in [0, 0.1) is 17.3 Å². The molecule has 4 aliphatic carbocycles. The predicted octanol–water partition coefficient (Wildman–Crippen LogP) is 1.11. The van der Waals surface area contributed by atoms with Crippen LogP contribution in [0.1, 0.15) is 38.5 Å². The molecule has 0 amide bonds. The number of carbonyl (C=O) groups excluding carboxylic acids is 1. The quantitative estimate of drug-likeness (QED) is 0.581. The maximum Gasteiger partial charge on any atom is 0.329 e. The summed E-state index contributed by atoms with van der Waals surface area (Å²) in [6.07, 6.45) is 6.05. The van der Waals surface area contributed by atoms with Crippen LogP contribution in [0.2, 0.25) is 0 Å². The van der Waals surface area contributed by atoms with E-state index in [1.54, 1.807) is 0 Å². The summed E-state index contributed by atoms with van der Waals surface area (Å²) in [5, 5.41) is 19.8. The first-order valence-electron chi connectivity index (χ1n) is 6.49. The highest BCUT2D eigenvalue weighted by Crippen LogP contribution is 2.63. The molecule has 4 rings (SSSR count). The van der Waals surface area contributed by atoms with E-state index in [-0.39, 0.29) is 0 Å². The molecule has 0 radical (unpaired) electrons. The maximum absolute atomic E-state index is 11.4. The molecule has 2 N–H and O–H groups in total. The number of aliphatic imine (C=N–C) groups is 1. The molecule has 18 heavy (non-hydrogen) atoms. The molecule has 3 atom stereocenters. The van der Waals surface area contributed by atoms with Gasteiger partial charge in [0.15, 0.2) is 6.04 Å². The topological polar surface area (TPSA) is 87.0 Å². The molecule has 0 aromatic rings. The minimum atomic E-state index is -1.07. The van der Waals surface area contributed by atoms with Crippen LogP contribution in [0.3, 0.4) is 0 Å². The SMILES string of the molecule is O=C=NC(C(=O)O)C12CC3CC(CC(O)(C3)C1)C2. The second-order valence-corrected chi connectivity index (χ2v) is 6.51. The second kappa shape index (κ2) is 3.65. The molecule has 0 aromatic carbocycles. The smallest absolute Gasteiger partial charge is 0.329 e.